The number of aliphatic hydroxyl groups is 2. The van der Waals surface area contributed by atoms with Crippen molar-refractivity contribution in [3.05, 3.63) is 77.7 Å². The maximum Gasteiger partial charge on any atom is 0.230 e. The molecule has 0 amide bonds. The summed E-state index contributed by atoms with van der Waals surface area (Å²) in [5.41, 5.74) is 4.61. The van der Waals surface area contributed by atoms with Crippen molar-refractivity contribution in [3.63, 3.8) is 0 Å². The Bertz CT molecular complexity index is 1470. The van der Waals surface area contributed by atoms with E-state index in [-0.39, 0.29) is 42.1 Å². The Hall–Kier alpha value is -2.85. The van der Waals surface area contributed by atoms with E-state index in [1.165, 1.54) is 0 Å². The molecule has 1 aliphatic heterocycles. The Morgan fingerprint density at radius 3 is 2.57 bits per heavy atom. The second-order valence-corrected chi connectivity index (χ2v) is 15.9. The van der Waals surface area contributed by atoms with Gasteiger partial charge in [-0.3, -0.25) is 4.98 Å². The predicted octanol–water partition coefficient (Wildman–Crippen LogP) is 8.15. The van der Waals surface area contributed by atoms with Gasteiger partial charge in [0, 0.05) is 36.8 Å². The standard InChI is InChI=1S/C40H56N2O6S/c1-7-22-46-40-36(49-8-2)25-34(42-48-39(4,5)6)32-23-28(15-9-11-20-43)31(17-10-12-21-44)37(38(32)40)33-24-30(18-19-35(33)47-40)45-26-29-16-13-14-27(3)41-29/h7,13-14,16,18-19,23-24,28,31,36-38,43-44H,1,8-12,15,17,20-22,25-26H2,2-6H3/t28-,31+,36-,37+,38+,40+/m0/s1. The molecular weight excluding hydrogens is 637 g/mol. The van der Waals surface area contributed by atoms with Crippen LogP contribution in [0.3, 0.4) is 0 Å². The number of rotatable bonds is 17. The van der Waals surface area contributed by atoms with Crippen LogP contribution in [0.4, 0.5) is 0 Å². The number of ether oxygens (including phenoxy) is 3. The largest absolute Gasteiger partial charge is 0.487 e. The fourth-order valence-electron chi connectivity index (χ4n) is 7.80. The Balaban J connectivity index is 1.68. The molecule has 0 saturated heterocycles. The van der Waals surface area contributed by atoms with Crippen LogP contribution in [0, 0.1) is 24.7 Å². The van der Waals surface area contributed by atoms with Crippen LogP contribution in [0.15, 0.2) is 65.9 Å². The minimum Gasteiger partial charge on any atom is -0.487 e. The van der Waals surface area contributed by atoms with Gasteiger partial charge in [0.2, 0.25) is 5.79 Å². The van der Waals surface area contributed by atoms with E-state index in [4.69, 9.17) is 24.2 Å². The highest BCUT2D eigenvalue weighted by Crippen LogP contribution is 2.62. The smallest absolute Gasteiger partial charge is 0.230 e. The molecule has 2 aromatic rings. The topological polar surface area (TPSA) is 103 Å². The SMILES string of the molecule is C=CCO[C@@]12Oc3ccc(OCc4cccc(C)n4)cc3[C@H]3[C@H](CCCCO)[C@@H](CCCCO)C=C(C(=NOC(C)(C)C)C[C@@H]1SCC)[C@H]32. The van der Waals surface area contributed by atoms with Gasteiger partial charge in [-0.25, -0.2) is 0 Å². The lowest BCUT2D eigenvalue weighted by atomic mass is 9.56. The van der Waals surface area contributed by atoms with Crippen molar-refractivity contribution in [2.75, 3.05) is 25.6 Å². The van der Waals surface area contributed by atoms with Crippen LogP contribution < -0.4 is 9.47 Å². The van der Waals surface area contributed by atoms with Crippen molar-refractivity contribution in [2.24, 2.45) is 22.9 Å². The van der Waals surface area contributed by atoms with E-state index in [1.807, 2.05) is 75.9 Å². The molecule has 1 saturated carbocycles. The number of aliphatic hydroxyl groups excluding tert-OH is 2. The first-order valence-corrected chi connectivity index (χ1v) is 19.1. The minimum atomic E-state index is -0.946. The molecule has 2 aliphatic carbocycles. The highest BCUT2D eigenvalue weighted by molar-refractivity contribution is 8.00. The summed E-state index contributed by atoms with van der Waals surface area (Å²) in [6.45, 7) is 15.3. The molecule has 2 N–H and O–H groups in total. The summed E-state index contributed by atoms with van der Waals surface area (Å²) in [6.07, 6.45) is 10.1. The number of hydrogen-bond acceptors (Lipinski definition) is 9. The lowest BCUT2D eigenvalue weighted by Gasteiger charge is -2.58. The van der Waals surface area contributed by atoms with Crippen LogP contribution in [0.5, 0.6) is 11.5 Å². The average Bonchev–Trinajstić information content (AvgIpc) is 3.07. The predicted molar refractivity (Wildman–Crippen MR) is 197 cm³/mol. The third-order valence-corrected chi connectivity index (χ3v) is 11.0. The van der Waals surface area contributed by atoms with Gasteiger partial charge < -0.3 is 29.3 Å². The van der Waals surface area contributed by atoms with E-state index >= 15 is 0 Å². The number of unbranched alkanes of at least 4 members (excludes halogenated alkanes) is 2. The van der Waals surface area contributed by atoms with Gasteiger partial charge in [-0.05, 0) is 107 Å². The van der Waals surface area contributed by atoms with Gasteiger partial charge in [0.1, 0.15) is 23.7 Å². The first kappa shape index (κ1) is 37.4. The van der Waals surface area contributed by atoms with Gasteiger partial charge in [-0.2, -0.15) is 11.8 Å². The quantitative estimate of drug-likeness (QED) is 0.0973. The van der Waals surface area contributed by atoms with Gasteiger partial charge in [-0.15, -0.1) is 6.58 Å². The van der Waals surface area contributed by atoms with Crippen LogP contribution in [-0.4, -0.2) is 63.1 Å². The number of oxime groups is 1. The molecule has 49 heavy (non-hydrogen) atoms. The van der Waals surface area contributed by atoms with Crippen LogP contribution >= 0.6 is 11.8 Å². The number of fused-ring (bicyclic) bond motifs is 2. The van der Waals surface area contributed by atoms with Crippen molar-refractivity contribution in [2.45, 2.75) is 109 Å². The fourth-order valence-corrected chi connectivity index (χ4v) is 8.97. The Kier molecular flexibility index (Phi) is 12.9. The third kappa shape index (κ3) is 8.73. The molecule has 0 bridgehead atoms. The molecule has 1 aromatic carbocycles. The third-order valence-electron chi connectivity index (χ3n) is 9.75. The summed E-state index contributed by atoms with van der Waals surface area (Å²) < 4.78 is 20.5. The zero-order valence-corrected chi connectivity index (χ0v) is 30.8. The second kappa shape index (κ2) is 16.9. The van der Waals surface area contributed by atoms with E-state index in [2.05, 4.69) is 30.6 Å². The van der Waals surface area contributed by atoms with Crippen LogP contribution in [-0.2, 0) is 16.2 Å². The number of benzene rings is 1. The van der Waals surface area contributed by atoms with Gasteiger partial charge in [0.05, 0.1) is 29.2 Å². The number of hydrogen-bond donors (Lipinski definition) is 2. The number of thioether (sulfide) groups is 1. The molecule has 1 fully saturated rings. The molecule has 6 atom stereocenters. The Labute approximate surface area is 297 Å². The van der Waals surface area contributed by atoms with Crippen molar-refractivity contribution < 1.29 is 29.3 Å². The maximum atomic E-state index is 9.81. The summed E-state index contributed by atoms with van der Waals surface area (Å²) in [6, 6.07) is 12.2. The molecule has 3 aliphatic rings. The molecule has 0 spiro atoms. The molecule has 2 heterocycles. The molecule has 8 nitrogen and oxygen atoms in total. The van der Waals surface area contributed by atoms with E-state index in [0.29, 0.717) is 19.6 Å². The highest BCUT2D eigenvalue weighted by atomic mass is 32.2. The van der Waals surface area contributed by atoms with Crippen LogP contribution in [0.2, 0.25) is 0 Å². The van der Waals surface area contributed by atoms with Gasteiger partial charge >= 0.3 is 0 Å². The summed E-state index contributed by atoms with van der Waals surface area (Å²) in [5, 5.41) is 24.4. The monoisotopic (exact) mass is 692 g/mol. The number of pyridine rings is 1. The molecular formula is C40H56N2O6S. The molecule has 268 valence electrons. The Morgan fingerprint density at radius 2 is 1.88 bits per heavy atom. The Morgan fingerprint density at radius 1 is 1.10 bits per heavy atom. The van der Waals surface area contributed by atoms with Crippen molar-refractivity contribution in [3.8, 4) is 11.5 Å². The highest BCUT2D eigenvalue weighted by Gasteiger charge is 2.63. The van der Waals surface area contributed by atoms with Crippen LogP contribution in [0.25, 0.3) is 0 Å². The van der Waals surface area contributed by atoms with Gasteiger partial charge in [-0.1, -0.05) is 43.1 Å². The van der Waals surface area contributed by atoms with Crippen molar-refractivity contribution >= 4 is 17.5 Å². The minimum absolute atomic E-state index is 0.0344. The van der Waals surface area contributed by atoms with Gasteiger partial charge in [0.25, 0.3) is 0 Å². The zero-order valence-electron chi connectivity index (χ0n) is 30.0. The zero-order chi connectivity index (χ0) is 35.0. The van der Waals surface area contributed by atoms with E-state index < -0.39 is 11.4 Å². The summed E-state index contributed by atoms with van der Waals surface area (Å²) in [4.78, 5) is 10.8. The maximum absolute atomic E-state index is 9.81. The lowest BCUT2D eigenvalue weighted by Crippen LogP contribution is -2.64. The van der Waals surface area contributed by atoms with Gasteiger partial charge in [0.15, 0.2) is 0 Å². The second-order valence-electron chi connectivity index (χ2n) is 14.5. The number of nitrogens with zero attached hydrogens (tertiary/aromatic N) is 2. The number of aromatic nitrogens is 1. The van der Waals surface area contributed by atoms with E-state index in [0.717, 1.165) is 84.0 Å². The average molecular weight is 693 g/mol. The van der Waals surface area contributed by atoms with Crippen LogP contribution in [0.1, 0.15) is 95.5 Å². The number of allylic oxidation sites excluding steroid dienone is 1. The van der Waals surface area contributed by atoms with E-state index in [9.17, 15) is 10.2 Å². The van der Waals surface area contributed by atoms with Crippen molar-refractivity contribution in [1.29, 1.82) is 0 Å². The molecule has 9 heteroatoms. The number of aryl methyl sites for hydroxylation is 1. The van der Waals surface area contributed by atoms with Crippen molar-refractivity contribution in [1.82, 2.24) is 4.98 Å². The normalized spacial score (nSPS) is 26.7. The fraction of sp³-hybridized carbons (Fsp3) is 0.600. The lowest BCUT2D eigenvalue weighted by molar-refractivity contribution is -0.223. The summed E-state index contributed by atoms with van der Waals surface area (Å²) in [7, 11) is 0. The molecule has 5 rings (SSSR count). The molecule has 0 radical (unpaired) electrons. The van der Waals surface area contributed by atoms with E-state index in [1.54, 1.807) is 0 Å². The molecule has 1 aromatic heterocycles. The first-order chi connectivity index (χ1) is 23.6. The molecule has 0 unspecified atom stereocenters. The summed E-state index contributed by atoms with van der Waals surface area (Å²) >= 11 is 1.85. The summed E-state index contributed by atoms with van der Waals surface area (Å²) in [5.74, 6) is 1.91. The first-order valence-electron chi connectivity index (χ1n) is 18.1.